The molecule has 0 radical (unpaired) electrons. The molecule has 0 bridgehead atoms. The van der Waals surface area contributed by atoms with Crippen LogP contribution in [0.1, 0.15) is 15.9 Å². The summed E-state index contributed by atoms with van der Waals surface area (Å²) in [5.74, 6) is -0.650. The third-order valence-electron chi connectivity index (χ3n) is 4.06. The van der Waals surface area contributed by atoms with Gasteiger partial charge in [0, 0.05) is 29.7 Å². The van der Waals surface area contributed by atoms with Gasteiger partial charge in [-0.1, -0.05) is 34.1 Å². The third-order valence-corrected chi connectivity index (χ3v) is 5.88. The van der Waals surface area contributed by atoms with Crippen molar-refractivity contribution in [1.29, 1.82) is 0 Å². The number of morpholine rings is 1. The zero-order valence-electron chi connectivity index (χ0n) is 14.0. The molecule has 0 aromatic heterocycles. The van der Waals surface area contributed by atoms with Crippen LogP contribution in [0, 0.1) is 0 Å². The van der Waals surface area contributed by atoms with Crippen molar-refractivity contribution in [2.24, 2.45) is 0 Å². The zero-order valence-corrected chi connectivity index (χ0v) is 16.4. The number of carbonyl (C=O) groups is 1. The lowest BCUT2D eigenvalue weighted by Crippen LogP contribution is -2.35. The second kappa shape index (κ2) is 8.30. The highest BCUT2D eigenvalue weighted by Gasteiger charge is 2.19. The molecule has 0 aliphatic carbocycles. The maximum absolute atomic E-state index is 12.3. The first-order valence-corrected chi connectivity index (χ1v) is 10.4. The first kappa shape index (κ1) is 19.0. The van der Waals surface area contributed by atoms with Gasteiger partial charge >= 0.3 is 0 Å². The molecule has 1 aliphatic heterocycles. The lowest BCUT2D eigenvalue weighted by molar-refractivity contribution is 0.0342. The van der Waals surface area contributed by atoms with Crippen molar-refractivity contribution in [3.63, 3.8) is 0 Å². The van der Waals surface area contributed by atoms with Crippen molar-refractivity contribution in [1.82, 2.24) is 9.62 Å². The minimum Gasteiger partial charge on any atom is -0.379 e. The van der Waals surface area contributed by atoms with Crippen LogP contribution in [-0.2, 0) is 21.3 Å². The number of hydrogen-bond acceptors (Lipinski definition) is 5. The fourth-order valence-corrected chi connectivity index (χ4v) is 4.22. The molecule has 2 aromatic rings. The van der Waals surface area contributed by atoms with Crippen LogP contribution < -0.4 is 4.72 Å². The van der Waals surface area contributed by atoms with E-state index in [-0.39, 0.29) is 4.90 Å². The number of carbonyl (C=O) groups excluding carboxylic acids is 1. The molecule has 26 heavy (non-hydrogen) atoms. The van der Waals surface area contributed by atoms with Gasteiger partial charge in [-0.3, -0.25) is 9.69 Å². The minimum atomic E-state index is -3.91. The number of amides is 1. The van der Waals surface area contributed by atoms with Gasteiger partial charge in [0.25, 0.3) is 15.9 Å². The molecule has 0 saturated carbocycles. The Labute approximate surface area is 161 Å². The van der Waals surface area contributed by atoms with E-state index in [1.54, 1.807) is 24.3 Å². The molecule has 1 N–H and O–H groups in total. The van der Waals surface area contributed by atoms with E-state index in [4.69, 9.17) is 4.74 Å². The van der Waals surface area contributed by atoms with Gasteiger partial charge in [0.2, 0.25) is 0 Å². The SMILES string of the molecule is O=C(NS(=O)(=O)c1cccc(Br)c1)c1ccc(CN2CCOCC2)cc1. The van der Waals surface area contributed by atoms with E-state index >= 15 is 0 Å². The number of hydrogen-bond donors (Lipinski definition) is 1. The Bertz CT molecular complexity index is 878. The maximum atomic E-state index is 12.3. The highest BCUT2D eigenvalue weighted by molar-refractivity contribution is 9.10. The summed E-state index contributed by atoms with van der Waals surface area (Å²) in [5.41, 5.74) is 1.37. The number of sulfonamides is 1. The molecule has 138 valence electrons. The summed E-state index contributed by atoms with van der Waals surface area (Å²) in [6.07, 6.45) is 0. The predicted octanol–water partition coefficient (Wildman–Crippen LogP) is 2.40. The number of benzene rings is 2. The Morgan fingerprint density at radius 1 is 1.12 bits per heavy atom. The lowest BCUT2D eigenvalue weighted by Gasteiger charge is -2.26. The number of nitrogens with zero attached hydrogens (tertiary/aromatic N) is 1. The van der Waals surface area contributed by atoms with Crippen LogP contribution in [0.25, 0.3) is 0 Å². The van der Waals surface area contributed by atoms with E-state index in [2.05, 4.69) is 25.6 Å². The molecule has 0 unspecified atom stereocenters. The molecule has 8 heteroatoms. The van der Waals surface area contributed by atoms with E-state index in [1.165, 1.54) is 12.1 Å². The van der Waals surface area contributed by atoms with Crippen molar-refractivity contribution in [3.8, 4) is 0 Å². The second-order valence-corrected chi connectivity index (χ2v) is 8.58. The van der Waals surface area contributed by atoms with Crippen molar-refractivity contribution >= 4 is 31.9 Å². The van der Waals surface area contributed by atoms with Gasteiger partial charge in [-0.05, 0) is 35.9 Å². The van der Waals surface area contributed by atoms with Gasteiger partial charge < -0.3 is 4.74 Å². The molecular formula is C18H19BrN2O4S. The summed E-state index contributed by atoms with van der Waals surface area (Å²) in [6.45, 7) is 4.00. The fraction of sp³-hybridized carbons (Fsp3) is 0.278. The maximum Gasteiger partial charge on any atom is 0.264 e. The second-order valence-electron chi connectivity index (χ2n) is 5.98. The standard InChI is InChI=1S/C18H19BrN2O4S/c19-16-2-1-3-17(12-16)26(23,24)20-18(22)15-6-4-14(5-7-15)13-21-8-10-25-11-9-21/h1-7,12H,8-11,13H2,(H,20,22). The Balaban J connectivity index is 1.66. The van der Waals surface area contributed by atoms with Crippen molar-refractivity contribution in [2.45, 2.75) is 11.4 Å². The Kier molecular flexibility index (Phi) is 6.08. The number of nitrogens with one attached hydrogen (secondary N) is 1. The van der Waals surface area contributed by atoms with Crippen molar-refractivity contribution in [2.75, 3.05) is 26.3 Å². The molecule has 1 aliphatic rings. The molecule has 0 atom stereocenters. The Morgan fingerprint density at radius 2 is 1.81 bits per heavy atom. The third kappa shape index (κ3) is 4.91. The van der Waals surface area contributed by atoms with E-state index in [1.807, 2.05) is 12.1 Å². The van der Waals surface area contributed by atoms with Crippen LogP contribution in [0.5, 0.6) is 0 Å². The average molecular weight is 439 g/mol. The van der Waals surface area contributed by atoms with Gasteiger partial charge in [0.05, 0.1) is 18.1 Å². The zero-order chi connectivity index (χ0) is 18.6. The molecule has 1 heterocycles. The van der Waals surface area contributed by atoms with Crippen LogP contribution in [0.2, 0.25) is 0 Å². The van der Waals surface area contributed by atoms with Gasteiger partial charge in [0.15, 0.2) is 0 Å². The number of rotatable bonds is 5. The van der Waals surface area contributed by atoms with Gasteiger partial charge in [0.1, 0.15) is 0 Å². The highest BCUT2D eigenvalue weighted by atomic mass is 79.9. The number of ether oxygens (including phenoxy) is 1. The largest absolute Gasteiger partial charge is 0.379 e. The minimum absolute atomic E-state index is 0.0316. The summed E-state index contributed by atoms with van der Waals surface area (Å²) in [6, 6.07) is 13.2. The molecular weight excluding hydrogens is 420 g/mol. The van der Waals surface area contributed by atoms with Crippen LogP contribution in [0.15, 0.2) is 57.9 Å². The van der Waals surface area contributed by atoms with Crippen LogP contribution in [0.3, 0.4) is 0 Å². The summed E-state index contributed by atoms with van der Waals surface area (Å²) < 4.78 is 32.7. The Morgan fingerprint density at radius 3 is 2.46 bits per heavy atom. The quantitative estimate of drug-likeness (QED) is 0.775. The number of halogens is 1. The van der Waals surface area contributed by atoms with Crippen LogP contribution in [0.4, 0.5) is 0 Å². The van der Waals surface area contributed by atoms with Crippen molar-refractivity contribution in [3.05, 3.63) is 64.1 Å². The lowest BCUT2D eigenvalue weighted by atomic mass is 10.1. The molecule has 1 fully saturated rings. The van der Waals surface area contributed by atoms with Gasteiger partial charge in [-0.15, -0.1) is 0 Å². The van der Waals surface area contributed by atoms with Crippen molar-refractivity contribution < 1.29 is 17.9 Å². The Hall–Kier alpha value is -1.74. The smallest absolute Gasteiger partial charge is 0.264 e. The first-order valence-electron chi connectivity index (χ1n) is 8.16. The molecule has 1 amide bonds. The predicted molar refractivity (Wildman–Crippen MR) is 101 cm³/mol. The summed E-state index contributed by atoms with van der Waals surface area (Å²) in [5, 5.41) is 0. The monoisotopic (exact) mass is 438 g/mol. The topological polar surface area (TPSA) is 75.7 Å². The van der Waals surface area contributed by atoms with Gasteiger partial charge in [-0.25, -0.2) is 13.1 Å². The van der Waals surface area contributed by atoms with E-state index in [9.17, 15) is 13.2 Å². The average Bonchev–Trinajstić information content (AvgIpc) is 2.63. The van der Waals surface area contributed by atoms with E-state index < -0.39 is 15.9 Å². The molecule has 3 rings (SSSR count). The van der Waals surface area contributed by atoms with E-state index in [0.717, 1.165) is 38.4 Å². The highest BCUT2D eigenvalue weighted by Crippen LogP contribution is 2.16. The fourth-order valence-electron chi connectivity index (χ4n) is 2.65. The molecule has 1 saturated heterocycles. The molecule has 6 nitrogen and oxygen atoms in total. The summed E-state index contributed by atoms with van der Waals surface area (Å²) >= 11 is 3.23. The van der Waals surface area contributed by atoms with E-state index in [0.29, 0.717) is 10.0 Å². The molecule has 0 spiro atoms. The van der Waals surface area contributed by atoms with Gasteiger partial charge in [-0.2, -0.15) is 0 Å². The summed E-state index contributed by atoms with van der Waals surface area (Å²) in [7, 11) is -3.91. The normalized spacial score (nSPS) is 15.6. The first-order chi connectivity index (χ1) is 12.4. The van der Waals surface area contributed by atoms with Crippen LogP contribution in [-0.4, -0.2) is 45.5 Å². The van der Waals surface area contributed by atoms with Crippen LogP contribution >= 0.6 is 15.9 Å². The molecule has 2 aromatic carbocycles. The summed E-state index contributed by atoms with van der Waals surface area (Å²) in [4.78, 5) is 14.6.